The molecule has 0 fully saturated rings. The fraction of sp³-hybridized carbons (Fsp3) is 0.400. The van der Waals surface area contributed by atoms with Gasteiger partial charge in [-0.3, -0.25) is 9.59 Å². The quantitative estimate of drug-likeness (QED) is 0.444. The topological polar surface area (TPSA) is 153 Å². The van der Waals surface area contributed by atoms with Gasteiger partial charge in [0.25, 0.3) is 5.91 Å². The first-order valence-corrected chi connectivity index (χ1v) is 5.48. The lowest BCUT2D eigenvalue weighted by molar-refractivity contribution is -0.140. The van der Waals surface area contributed by atoms with Crippen molar-refractivity contribution < 1.29 is 19.5 Å². The number of rotatable bonds is 7. The SMILES string of the molecule is NCCn1cnc(C(=O)N[C@@H](CC(N)=O)C(=O)O)c1. The summed E-state index contributed by atoms with van der Waals surface area (Å²) in [4.78, 5) is 37.1. The van der Waals surface area contributed by atoms with Crippen molar-refractivity contribution in [1.82, 2.24) is 14.9 Å². The lowest BCUT2D eigenvalue weighted by Gasteiger charge is -2.11. The molecule has 0 bridgehead atoms. The van der Waals surface area contributed by atoms with Crippen molar-refractivity contribution in [2.45, 2.75) is 19.0 Å². The lowest BCUT2D eigenvalue weighted by Crippen LogP contribution is -2.43. The Morgan fingerprint density at radius 2 is 2.16 bits per heavy atom. The maximum Gasteiger partial charge on any atom is 0.326 e. The van der Waals surface area contributed by atoms with Crippen LogP contribution in [0.5, 0.6) is 0 Å². The van der Waals surface area contributed by atoms with E-state index in [-0.39, 0.29) is 5.69 Å². The number of hydrogen-bond donors (Lipinski definition) is 4. The van der Waals surface area contributed by atoms with Crippen LogP contribution in [0, 0.1) is 0 Å². The summed E-state index contributed by atoms with van der Waals surface area (Å²) in [6.07, 6.45) is 2.36. The van der Waals surface area contributed by atoms with Gasteiger partial charge in [-0.05, 0) is 0 Å². The number of nitrogens with one attached hydrogen (secondary N) is 1. The number of carbonyl (C=O) groups is 3. The molecule has 0 unspecified atom stereocenters. The van der Waals surface area contributed by atoms with Crippen molar-refractivity contribution in [3.63, 3.8) is 0 Å². The number of carboxylic acids is 1. The number of carbonyl (C=O) groups excluding carboxylic acids is 2. The molecule has 9 nitrogen and oxygen atoms in total. The molecular formula is C10H15N5O4. The van der Waals surface area contributed by atoms with E-state index in [9.17, 15) is 14.4 Å². The summed E-state index contributed by atoms with van der Waals surface area (Å²) in [7, 11) is 0. The highest BCUT2D eigenvalue weighted by Gasteiger charge is 2.23. The van der Waals surface area contributed by atoms with Crippen LogP contribution in [-0.4, -0.2) is 45.0 Å². The molecule has 9 heteroatoms. The number of aliphatic carboxylic acids is 1. The van der Waals surface area contributed by atoms with Crippen molar-refractivity contribution in [2.75, 3.05) is 6.54 Å². The first kappa shape index (κ1) is 14.6. The Bertz CT molecular complexity index is 484. The van der Waals surface area contributed by atoms with Crippen molar-refractivity contribution in [2.24, 2.45) is 11.5 Å². The molecule has 1 aromatic rings. The summed E-state index contributed by atoms with van der Waals surface area (Å²) in [6.45, 7) is 0.876. The second-order valence-electron chi connectivity index (χ2n) is 3.82. The Morgan fingerprint density at radius 3 is 2.68 bits per heavy atom. The number of hydrogen-bond acceptors (Lipinski definition) is 5. The smallest absolute Gasteiger partial charge is 0.326 e. The van der Waals surface area contributed by atoms with E-state index in [1.807, 2.05) is 0 Å². The van der Waals surface area contributed by atoms with E-state index in [0.29, 0.717) is 13.1 Å². The van der Waals surface area contributed by atoms with Crippen LogP contribution in [0.1, 0.15) is 16.9 Å². The van der Waals surface area contributed by atoms with Crippen LogP contribution in [0.4, 0.5) is 0 Å². The number of amides is 2. The number of primary amides is 1. The van der Waals surface area contributed by atoms with Crippen LogP contribution in [0.25, 0.3) is 0 Å². The van der Waals surface area contributed by atoms with Gasteiger partial charge in [-0.15, -0.1) is 0 Å². The standard InChI is InChI=1S/C10H15N5O4/c11-1-2-15-4-7(13-5-15)9(17)14-6(10(18)19)3-8(12)16/h4-6H,1-3,11H2,(H2,12,16)(H,14,17)(H,18,19)/t6-/m0/s1. The molecule has 6 N–H and O–H groups in total. The van der Waals surface area contributed by atoms with Crippen LogP contribution in [-0.2, 0) is 16.1 Å². The normalized spacial score (nSPS) is 11.8. The monoisotopic (exact) mass is 269 g/mol. The van der Waals surface area contributed by atoms with E-state index < -0.39 is 30.2 Å². The van der Waals surface area contributed by atoms with Crippen molar-refractivity contribution in [3.05, 3.63) is 18.2 Å². The molecule has 0 aromatic carbocycles. The fourth-order valence-corrected chi connectivity index (χ4v) is 1.38. The van der Waals surface area contributed by atoms with Gasteiger partial charge in [-0.1, -0.05) is 0 Å². The van der Waals surface area contributed by atoms with E-state index in [1.165, 1.54) is 12.5 Å². The van der Waals surface area contributed by atoms with Gasteiger partial charge in [0.2, 0.25) is 5.91 Å². The summed E-state index contributed by atoms with van der Waals surface area (Å²) >= 11 is 0. The Hall–Kier alpha value is -2.42. The lowest BCUT2D eigenvalue weighted by atomic mass is 10.2. The first-order chi connectivity index (χ1) is 8.93. The van der Waals surface area contributed by atoms with E-state index in [2.05, 4.69) is 10.3 Å². The van der Waals surface area contributed by atoms with Crippen molar-refractivity contribution in [1.29, 1.82) is 0 Å². The molecule has 0 spiro atoms. The predicted molar refractivity (Wildman–Crippen MR) is 64.0 cm³/mol. The molecule has 1 aromatic heterocycles. The largest absolute Gasteiger partial charge is 0.480 e. The molecule has 19 heavy (non-hydrogen) atoms. The molecule has 0 aliphatic carbocycles. The summed E-state index contributed by atoms with van der Waals surface area (Å²) in [5, 5.41) is 11.0. The minimum atomic E-state index is -1.37. The van der Waals surface area contributed by atoms with E-state index in [0.717, 1.165) is 0 Å². The van der Waals surface area contributed by atoms with Gasteiger partial charge in [0, 0.05) is 19.3 Å². The highest BCUT2D eigenvalue weighted by Crippen LogP contribution is 1.99. The summed E-state index contributed by atoms with van der Waals surface area (Å²) in [5.74, 6) is -2.85. The average molecular weight is 269 g/mol. The van der Waals surface area contributed by atoms with Crippen LogP contribution in [0.3, 0.4) is 0 Å². The van der Waals surface area contributed by atoms with Crippen LogP contribution >= 0.6 is 0 Å². The van der Waals surface area contributed by atoms with Gasteiger partial charge < -0.3 is 26.5 Å². The van der Waals surface area contributed by atoms with Crippen LogP contribution in [0.2, 0.25) is 0 Å². The number of aromatic nitrogens is 2. The fourth-order valence-electron chi connectivity index (χ4n) is 1.38. The molecule has 0 radical (unpaired) electrons. The van der Waals surface area contributed by atoms with Gasteiger partial charge >= 0.3 is 5.97 Å². The maximum atomic E-state index is 11.7. The number of nitrogens with two attached hydrogens (primary N) is 2. The minimum absolute atomic E-state index is 0.0455. The summed E-state index contributed by atoms with van der Waals surface area (Å²) in [6, 6.07) is -1.37. The Kier molecular flexibility index (Phi) is 5.01. The Labute approximate surface area is 108 Å². The zero-order valence-electron chi connectivity index (χ0n) is 10.1. The zero-order chi connectivity index (χ0) is 14.4. The molecule has 0 saturated heterocycles. The maximum absolute atomic E-state index is 11.7. The van der Waals surface area contributed by atoms with Crippen molar-refractivity contribution >= 4 is 17.8 Å². The summed E-state index contributed by atoms with van der Waals surface area (Å²) in [5.41, 5.74) is 10.3. The van der Waals surface area contributed by atoms with Gasteiger partial charge in [0.1, 0.15) is 11.7 Å². The van der Waals surface area contributed by atoms with Gasteiger partial charge in [0.05, 0.1) is 12.7 Å². The summed E-state index contributed by atoms with van der Waals surface area (Å²) < 4.78 is 1.60. The highest BCUT2D eigenvalue weighted by molar-refractivity contribution is 5.96. The molecule has 1 rings (SSSR count). The number of nitrogens with zero attached hydrogens (tertiary/aromatic N) is 2. The van der Waals surface area contributed by atoms with Gasteiger partial charge in [-0.2, -0.15) is 0 Å². The zero-order valence-corrected chi connectivity index (χ0v) is 10.1. The van der Waals surface area contributed by atoms with Crippen LogP contribution in [0.15, 0.2) is 12.5 Å². The van der Waals surface area contributed by atoms with E-state index >= 15 is 0 Å². The Morgan fingerprint density at radius 1 is 1.47 bits per heavy atom. The van der Waals surface area contributed by atoms with Gasteiger partial charge in [0.15, 0.2) is 0 Å². The first-order valence-electron chi connectivity index (χ1n) is 5.48. The van der Waals surface area contributed by atoms with E-state index in [1.54, 1.807) is 4.57 Å². The Balaban J connectivity index is 2.70. The van der Waals surface area contributed by atoms with Crippen LogP contribution < -0.4 is 16.8 Å². The second-order valence-corrected chi connectivity index (χ2v) is 3.82. The third-order valence-electron chi connectivity index (χ3n) is 2.26. The minimum Gasteiger partial charge on any atom is -0.480 e. The third-order valence-corrected chi connectivity index (χ3v) is 2.26. The molecule has 0 aliphatic heterocycles. The highest BCUT2D eigenvalue weighted by atomic mass is 16.4. The molecule has 104 valence electrons. The second kappa shape index (κ2) is 6.50. The van der Waals surface area contributed by atoms with Gasteiger partial charge in [-0.25, -0.2) is 9.78 Å². The van der Waals surface area contributed by atoms with E-state index in [4.69, 9.17) is 16.6 Å². The molecule has 1 atom stereocenters. The molecule has 0 aliphatic rings. The average Bonchev–Trinajstić information content (AvgIpc) is 2.76. The molecule has 2 amide bonds. The number of imidazole rings is 1. The number of carboxylic acid groups (broad SMARTS) is 1. The third kappa shape index (κ3) is 4.39. The van der Waals surface area contributed by atoms with Crippen molar-refractivity contribution in [3.8, 4) is 0 Å². The molecule has 1 heterocycles. The predicted octanol–water partition coefficient (Wildman–Crippen LogP) is -2.10. The molecule has 0 saturated carbocycles. The molecular weight excluding hydrogens is 254 g/mol.